The molecule has 12 rings (SSSR count). The number of sulfone groups is 1. The zero-order chi connectivity index (χ0) is 79.8. The second-order valence-corrected chi connectivity index (χ2v) is 31.0. The highest BCUT2D eigenvalue weighted by Gasteiger charge is 2.41. The van der Waals surface area contributed by atoms with Crippen LogP contribution < -0.4 is 49.6 Å². The Bertz CT molecular complexity index is 5460. The summed E-state index contributed by atoms with van der Waals surface area (Å²) in [5.41, 5.74) is 4.12. The Morgan fingerprint density at radius 1 is 0.725 bits per heavy atom. The number of halogens is 3. The first kappa shape index (κ1) is 81.8. The van der Waals surface area contributed by atoms with Crippen LogP contribution in [0.25, 0.3) is 16.9 Å². The molecule has 32 nitrogen and oxygen atoms in total. The van der Waals surface area contributed by atoms with Gasteiger partial charge in [-0.2, -0.15) is 27.7 Å². The fourth-order valence-corrected chi connectivity index (χ4v) is 14.5. The Labute approximate surface area is 623 Å². The van der Waals surface area contributed by atoms with Crippen LogP contribution in [0.5, 0.6) is 29.3 Å². The number of carbonyl (C=O) groups is 4. The molecule has 9 aromatic rings. The molecule has 3 aliphatic rings. The lowest BCUT2D eigenvalue weighted by Gasteiger charge is -2.19. The first-order chi connectivity index (χ1) is 51.4. The lowest BCUT2D eigenvalue weighted by Crippen LogP contribution is -2.31. The third-order valence-electron chi connectivity index (χ3n) is 16.9. The number of ketones is 1. The molecular weight excluding hydrogens is 1490 g/mol. The maximum absolute atomic E-state index is 13.5. The summed E-state index contributed by atoms with van der Waals surface area (Å²) >= 11 is 0. The van der Waals surface area contributed by atoms with Gasteiger partial charge in [-0.05, 0) is 137 Å². The van der Waals surface area contributed by atoms with Crippen molar-refractivity contribution in [2.45, 2.75) is 121 Å². The Balaban J connectivity index is 0.000000168. The molecule has 0 unspecified atom stereocenters. The van der Waals surface area contributed by atoms with E-state index in [1.807, 2.05) is 30.2 Å². The molecule has 0 radical (unpaired) electrons. The maximum atomic E-state index is 13.5. The fraction of sp³-hybridized carbons (Fsp3) is 0.366. The van der Waals surface area contributed by atoms with Gasteiger partial charge in [0.15, 0.2) is 20.5 Å². The lowest BCUT2D eigenvalue weighted by molar-refractivity contribution is -0.143. The molecule has 1 fully saturated rings. The molecule has 4 N–H and O–H groups in total. The molecule has 1 aliphatic carbocycles. The molecule has 582 valence electrons. The molecule has 7 heterocycles. The number of hydrogen-bond acceptors (Lipinski definition) is 24. The highest BCUT2D eigenvalue weighted by molar-refractivity contribution is 7.93. The zero-order valence-electron chi connectivity index (χ0n) is 61.5. The molecule has 38 heteroatoms. The number of pyridine rings is 1. The molecular formula is C71H80F3N13O19S3. The highest BCUT2D eigenvalue weighted by atomic mass is 32.2. The first-order valence-corrected chi connectivity index (χ1v) is 38.5. The van der Waals surface area contributed by atoms with Crippen molar-refractivity contribution in [2.75, 3.05) is 59.2 Å². The summed E-state index contributed by atoms with van der Waals surface area (Å²) in [6.07, 6.45) is 2.22. The number of fused-ring (bicyclic) bond motifs is 2. The molecule has 4 aromatic carbocycles. The Morgan fingerprint density at radius 2 is 1.39 bits per heavy atom. The summed E-state index contributed by atoms with van der Waals surface area (Å²) in [6, 6.07) is 20.9. The quantitative estimate of drug-likeness (QED) is 0.0421. The number of nitrogens with one attached hydrogen (secondary N) is 4. The van der Waals surface area contributed by atoms with Crippen LogP contribution in [0.15, 0.2) is 127 Å². The number of sulfonamides is 2. The van der Waals surface area contributed by atoms with Gasteiger partial charge in [-0.3, -0.25) is 33.4 Å². The van der Waals surface area contributed by atoms with E-state index in [4.69, 9.17) is 33.3 Å². The van der Waals surface area contributed by atoms with Crippen LogP contribution in [0, 0.1) is 19.3 Å². The van der Waals surface area contributed by atoms with E-state index in [1.54, 1.807) is 34.5 Å². The molecule has 109 heavy (non-hydrogen) atoms. The van der Waals surface area contributed by atoms with Gasteiger partial charge >= 0.3 is 12.1 Å². The standard InChI is InChI=1S/C23H32N2O4.C18H18N2O5S.C16H17N3O5S.C14H13F3N6O5S/c1-7-16-13-15(3)14-17(8-2)18(16)19-20(26)24-9-11-28-12-10-25(24)21(19)29-22(27)23(4,5)6;1-25-16-5-3-2-4-15(16)18(22)20-26(23,24)14-10-6-12(7-11-14)17(21)19-13-8-9-13;1-9-10(15(20)11-8-17-19(2)16(11)21)4-5-13(25(3,22)23)14(9)12-6-7-24-18-12;1-26-8-6-9(27-2)23-13(19-8)20-12(21-23)22-29(24,25)10-7(14(15,16)17)4-5-18-11(10)28-3/h13-14H,7-12H2,1-6H3;2-7,10-11,13H,8-9H2,1H3,(H,19,21)(H,20,22);4-5,8,17H,6-7H2,1-3H3;4-6H,1-3H3,(H,21,22). The predicted octanol–water partition coefficient (Wildman–Crippen LogP) is 7.58. The maximum Gasteiger partial charge on any atom is 0.418 e. The van der Waals surface area contributed by atoms with Gasteiger partial charge in [0.2, 0.25) is 23.5 Å². The number of anilines is 1. The van der Waals surface area contributed by atoms with Crippen LogP contribution in [0.2, 0.25) is 0 Å². The van der Waals surface area contributed by atoms with Gasteiger partial charge in [0.25, 0.3) is 54.7 Å². The molecule has 5 aromatic heterocycles. The third-order valence-corrected chi connectivity index (χ3v) is 20.8. The van der Waals surface area contributed by atoms with Crippen molar-refractivity contribution in [1.82, 2.24) is 53.7 Å². The van der Waals surface area contributed by atoms with Gasteiger partial charge in [0.05, 0.1) is 92.9 Å². The number of hydrogen-bond donors (Lipinski definition) is 4. The largest absolute Gasteiger partial charge is 0.496 e. The van der Waals surface area contributed by atoms with Crippen molar-refractivity contribution < 1.29 is 90.9 Å². The number of para-hydroxylation sites is 1. The summed E-state index contributed by atoms with van der Waals surface area (Å²) in [5.74, 6) is -2.46. The number of aromatic nitrogens is 9. The van der Waals surface area contributed by atoms with E-state index in [0.29, 0.717) is 79.2 Å². The van der Waals surface area contributed by atoms with Gasteiger partial charge in [0.1, 0.15) is 23.5 Å². The SMILES string of the molecule is CCc1cc(C)cc(CC)c1-c1c(OC(=O)C(C)(C)C)n2n(c1=O)CCOCC2.COc1cc(OC)n2nc(NS(=O)(=O)c3c(C(F)(F)F)ccnc3OC)nc2n1.COc1ccccc1C(=O)NS(=O)(=O)c1ccc(C(=O)NC2CC2)cc1.Cc1c(C(=O)c2c[nH]n(C)c2=O)ccc(S(C)(=O)=O)c1C1=NOCC1. The van der Waals surface area contributed by atoms with Crippen molar-refractivity contribution in [3.05, 3.63) is 174 Å². The number of aryl methyl sites for hydroxylation is 4. The molecule has 2 aliphatic heterocycles. The molecule has 0 bridgehead atoms. The fourth-order valence-electron chi connectivity index (χ4n) is 11.3. The number of esters is 1. The van der Waals surface area contributed by atoms with Crippen molar-refractivity contribution in [3.8, 4) is 40.4 Å². The van der Waals surface area contributed by atoms with E-state index >= 15 is 0 Å². The normalized spacial score (nSPS) is 13.6. The van der Waals surface area contributed by atoms with Crippen molar-refractivity contribution in [3.63, 3.8) is 0 Å². The molecule has 0 atom stereocenters. The number of nitrogens with zero attached hydrogens (tertiary/aromatic N) is 9. The number of methoxy groups -OCH3 is 4. The minimum atomic E-state index is -4.98. The Hall–Kier alpha value is -11.3. The average molecular weight is 1570 g/mol. The number of carbonyl (C=O) groups excluding carboxylic acids is 4. The molecule has 1 saturated carbocycles. The van der Waals surface area contributed by atoms with E-state index in [0.717, 1.165) is 66.5 Å². The van der Waals surface area contributed by atoms with Gasteiger partial charge < -0.3 is 43.7 Å². The second-order valence-electron chi connectivity index (χ2n) is 25.7. The average Bonchev–Trinajstić information content (AvgIpc) is 1.64. The van der Waals surface area contributed by atoms with E-state index in [-0.39, 0.29) is 73.2 Å². The summed E-state index contributed by atoms with van der Waals surface area (Å²) in [4.78, 5) is 90.5. The zero-order valence-corrected chi connectivity index (χ0v) is 64.0. The van der Waals surface area contributed by atoms with Crippen LogP contribution in [-0.4, -0.2) is 159 Å². The topological polar surface area (TPSA) is 404 Å². The predicted molar refractivity (Wildman–Crippen MR) is 389 cm³/mol. The van der Waals surface area contributed by atoms with Gasteiger partial charge in [-0.1, -0.05) is 48.8 Å². The molecule has 2 amide bonds. The number of alkyl halides is 3. The number of oxime groups is 1. The third kappa shape index (κ3) is 18.7. The number of benzene rings is 4. The van der Waals surface area contributed by atoms with E-state index in [1.165, 1.54) is 93.4 Å². The smallest absolute Gasteiger partial charge is 0.418 e. The first-order valence-electron chi connectivity index (χ1n) is 33.6. The summed E-state index contributed by atoms with van der Waals surface area (Å²) < 4.78 is 155. The van der Waals surface area contributed by atoms with Gasteiger partial charge in [-0.15, -0.1) is 5.10 Å². The lowest BCUT2D eigenvalue weighted by atomic mass is 9.91. The minimum Gasteiger partial charge on any atom is -0.496 e. The van der Waals surface area contributed by atoms with E-state index in [2.05, 4.69) is 68.5 Å². The molecule has 0 saturated heterocycles. The number of amides is 2. The van der Waals surface area contributed by atoms with Gasteiger partial charge in [-0.25, -0.2) is 49.0 Å². The van der Waals surface area contributed by atoms with E-state index in [9.17, 15) is 67.2 Å². The Kier molecular flexibility index (Phi) is 25.1. The number of H-pyrrole nitrogens is 1. The Morgan fingerprint density at radius 3 is 1.94 bits per heavy atom. The van der Waals surface area contributed by atoms with Crippen LogP contribution in [0.1, 0.15) is 124 Å². The highest BCUT2D eigenvalue weighted by Crippen LogP contribution is 2.40. The molecule has 0 spiro atoms. The van der Waals surface area contributed by atoms with E-state index < -0.39 is 81.0 Å². The summed E-state index contributed by atoms with van der Waals surface area (Å²) in [5, 5.41) is 13.2. The van der Waals surface area contributed by atoms with Gasteiger partial charge in [0, 0.05) is 54.9 Å². The minimum absolute atomic E-state index is 0.00623. The van der Waals surface area contributed by atoms with Crippen LogP contribution in [0.4, 0.5) is 19.1 Å². The van der Waals surface area contributed by atoms with Crippen LogP contribution in [-0.2, 0) is 83.4 Å². The summed E-state index contributed by atoms with van der Waals surface area (Å²) in [7, 11) is -5.90. The van der Waals surface area contributed by atoms with Crippen molar-refractivity contribution >= 4 is 70.9 Å². The van der Waals surface area contributed by atoms with Crippen LogP contribution in [0.3, 0.4) is 0 Å². The second kappa shape index (κ2) is 33.5. The monoisotopic (exact) mass is 1570 g/mol. The van der Waals surface area contributed by atoms with Crippen molar-refractivity contribution in [1.29, 1.82) is 0 Å². The number of ether oxygens (including phenoxy) is 6. The number of rotatable bonds is 20. The summed E-state index contributed by atoms with van der Waals surface area (Å²) in [6.45, 7) is 15.5. The van der Waals surface area contributed by atoms with Crippen molar-refractivity contribution in [2.24, 2.45) is 17.6 Å². The number of aromatic amines is 1. The van der Waals surface area contributed by atoms with Crippen LogP contribution >= 0.6 is 0 Å².